The number of H-pyrrole nitrogens is 1. The number of rotatable bonds is 2. The van der Waals surface area contributed by atoms with Crippen molar-refractivity contribution in [1.82, 2.24) is 19.7 Å². The van der Waals surface area contributed by atoms with Crippen molar-refractivity contribution in [2.75, 3.05) is 13.1 Å². The summed E-state index contributed by atoms with van der Waals surface area (Å²) in [6, 6.07) is 9.95. The molecule has 2 atom stereocenters. The van der Waals surface area contributed by atoms with Gasteiger partial charge in [-0.1, -0.05) is 30.3 Å². The van der Waals surface area contributed by atoms with Crippen LogP contribution >= 0.6 is 0 Å². The van der Waals surface area contributed by atoms with E-state index in [0.717, 1.165) is 10.2 Å². The fourth-order valence-electron chi connectivity index (χ4n) is 4.12. The molecule has 2 N–H and O–H groups in total. The molecular formula is C19H24N4O4. The van der Waals surface area contributed by atoms with Gasteiger partial charge in [0.15, 0.2) is 0 Å². The summed E-state index contributed by atoms with van der Waals surface area (Å²) in [5.41, 5.74) is 0.239. The van der Waals surface area contributed by atoms with E-state index in [1.807, 2.05) is 30.3 Å². The molecule has 2 fully saturated rings. The summed E-state index contributed by atoms with van der Waals surface area (Å²) in [4.78, 5) is 28.2. The quantitative estimate of drug-likeness (QED) is 0.819. The van der Waals surface area contributed by atoms with Crippen LogP contribution in [0.5, 0.6) is 0 Å². The number of carbonyl (C=O) groups is 1. The zero-order valence-electron chi connectivity index (χ0n) is 15.3. The Labute approximate surface area is 156 Å². The van der Waals surface area contributed by atoms with Gasteiger partial charge in [-0.3, -0.25) is 9.78 Å². The van der Waals surface area contributed by atoms with Crippen molar-refractivity contribution in [3.05, 3.63) is 52.2 Å². The molecule has 1 spiro atoms. The number of benzene rings is 1. The second-order valence-electron chi connectivity index (χ2n) is 7.49. The normalized spacial score (nSPS) is 24.9. The SMILES string of the molecule is Cn1nc(C(=O)N2CCC3(CC2)C[C@H](O)C[C@H](c2ccccc2)O3)[nH]c1=O. The number of aromatic nitrogens is 3. The van der Waals surface area contributed by atoms with Crippen molar-refractivity contribution < 1.29 is 14.6 Å². The first-order valence-electron chi connectivity index (χ1n) is 9.29. The van der Waals surface area contributed by atoms with E-state index in [-0.39, 0.29) is 17.8 Å². The van der Waals surface area contributed by atoms with Crippen LogP contribution in [0.1, 0.15) is 48.0 Å². The molecule has 0 aliphatic carbocycles. The number of amides is 1. The second kappa shape index (κ2) is 6.94. The summed E-state index contributed by atoms with van der Waals surface area (Å²) in [6.45, 7) is 1.01. The van der Waals surface area contributed by atoms with Gasteiger partial charge in [-0.25, -0.2) is 9.48 Å². The molecule has 4 rings (SSSR count). The summed E-state index contributed by atoms with van der Waals surface area (Å²) in [5.74, 6) is -0.219. The van der Waals surface area contributed by atoms with Gasteiger partial charge in [0, 0.05) is 33.0 Å². The number of nitrogens with zero attached hydrogens (tertiary/aromatic N) is 3. The highest BCUT2D eigenvalue weighted by molar-refractivity contribution is 5.90. The first-order valence-corrected chi connectivity index (χ1v) is 9.29. The third-order valence-corrected chi connectivity index (χ3v) is 5.59. The number of hydrogen-bond donors (Lipinski definition) is 2. The van der Waals surface area contributed by atoms with E-state index in [1.165, 1.54) is 7.05 Å². The van der Waals surface area contributed by atoms with Crippen LogP contribution < -0.4 is 5.69 Å². The fourth-order valence-corrected chi connectivity index (χ4v) is 4.12. The third kappa shape index (κ3) is 3.54. The van der Waals surface area contributed by atoms with Crippen LogP contribution in [-0.4, -0.2) is 55.5 Å². The molecule has 2 aliphatic heterocycles. The topological polar surface area (TPSA) is 100 Å². The van der Waals surface area contributed by atoms with Gasteiger partial charge in [-0.05, 0) is 18.4 Å². The molecule has 2 saturated heterocycles. The Kier molecular flexibility index (Phi) is 4.61. The number of hydrogen-bond acceptors (Lipinski definition) is 5. The van der Waals surface area contributed by atoms with Crippen molar-refractivity contribution in [2.45, 2.75) is 43.5 Å². The molecule has 1 aromatic carbocycles. The van der Waals surface area contributed by atoms with E-state index < -0.39 is 17.4 Å². The second-order valence-corrected chi connectivity index (χ2v) is 7.49. The molecule has 1 amide bonds. The van der Waals surface area contributed by atoms with E-state index in [9.17, 15) is 14.7 Å². The van der Waals surface area contributed by atoms with Crippen LogP contribution in [0.25, 0.3) is 0 Å². The van der Waals surface area contributed by atoms with Gasteiger partial charge in [-0.15, -0.1) is 5.10 Å². The van der Waals surface area contributed by atoms with E-state index in [0.29, 0.717) is 38.8 Å². The fraction of sp³-hybridized carbons (Fsp3) is 0.526. The molecule has 1 aromatic heterocycles. The van der Waals surface area contributed by atoms with Crippen molar-refractivity contribution in [3.8, 4) is 0 Å². The molecule has 3 heterocycles. The number of piperidine rings is 1. The highest BCUT2D eigenvalue weighted by atomic mass is 16.5. The summed E-state index contributed by atoms with van der Waals surface area (Å²) in [6.07, 6.45) is 1.91. The monoisotopic (exact) mass is 372 g/mol. The lowest BCUT2D eigenvalue weighted by Gasteiger charge is -2.47. The van der Waals surface area contributed by atoms with Crippen LogP contribution in [0.2, 0.25) is 0 Å². The Morgan fingerprint density at radius 2 is 2.00 bits per heavy atom. The standard InChI is InChI=1S/C19H24N4O4/c1-22-18(26)20-16(21-22)17(25)23-9-7-19(8-10-23)12-14(24)11-15(27-19)13-5-3-2-4-6-13/h2-6,14-15,24H,7-12H2,1H3,(H,20,21,26)/t14-,15-/m1/s1. The van der Waals surface area contributed by atoms with E-state index in [2.05, 4.69) is 10.1 Å². The van der Waals surface area contributed by atoms with Crippen molar-refractivity contribution in [1.29, 1.82) is 0 Å². The van der Waals surface area contributed by atoms with Gasteiger partial charge < -0.3 is 14.7 Å². The molecule has 144 valence electrons. The molecule has 8 heteroatoms. The maximum atomic E-state index is 12.6. The number of aryl methyl sites for hydroxylation is 1. The van der Waals surface area contributed by atoms with Gasteiger partial charge >= 0.3 is 5.69 Å². The number of aliphatic hydroxyl groups excluding tert-OH is 1. The van der Waals surface area contributed by atoms with Crippen molar-refractivity contribution in [2.24, 2.45) is 7.05 Å². The first kappa shape index (κ1) is 17.9. The van der Waals surface area contributed by atoms with Crippen LogP contribution in [-0.2, 0) is 11.8 Å². The lowest BCUT2D eigenvalue weighted by atomic mass is 9.81. The van der Waals surface area contributed by atoms with E-state index in [1.54, 1.807) is 4.90 Å². The summed E-state index contributed by atoms with van der Waals surface area (Å²) >= 11 is 0. The minimum absolute atomic E-state index is 0.0604. The molecule has 8 nitrogen and oxygen atoms in total. The van der Waals surface area contributed by atoms with Crippen LogP contribution in [0, 0.1) is 0 Å². The number of likely N-dealkylation sites (tertiary alicyclic amines) is 1. The van der Waals surface area contributed by atoms with Gasteiger partial charge in [0.1, 0.15) is 0 Å². The summed E-state index contributed by atoms with van der Waals surface area (Å²) < 4.78 is 7.57. The highest BCUT2D eigenvalue weighted by Gasteiger charge is 2.44. The van der Waals surface area contributed by atoms with Gasteiger partial charge in [0.05, 0.1) is 17.8 Å². The molecule has 2 aliphatic rings. The average Bonchev–Trinajstić information content (AvgIpc) is 3.01. The lowest BCUT2D eigenvalue weighted by Crippen LogP contribution is -2.52. The summed E-state index contributed by atoms with van der Waals surface area (Å²) in [5, 5.41) is 14.4. The highest BCUT2D eigenvalue weighted by Crippen LogP contribution is 2.43. The number of aromatic amines is 1. The van der Waals surface area contributed by atoms with Crippen LogP contribution in [0.4, 0.5) is 0 Å². The number of ether oxygens (including phenoxy) is 1. The average molecular weight is 372 g/mol. The molecular weight excluding hydrogens is 348 g/mol. The molecule has 2 aromatic rings. The predicted molar refractivity (Wildman–Crippen MR) is 97.2 cm³/mol. The zero-order chi connectivity index (χ0) is 19.0. The minimum atomic E-state index is -0.424. The van der Waals surface area contributed by atoms with Crippen LogP contribution in [0.3, 0.4) is 0 Å². The van der Waals surface area contributed by atoms with E-state index >= 15 is 0 Å². The Morgan fingerprint density at radius 1 is 1.30 bits per heavy atom. The van der Waals surface area contributed by atoms with Gasteiger partial charge in [0.25, 0.3) is 5.91 Å². The summed E-state index contributed by atoms with van der Waals surface area (Å²) in [7, 11) is 1.50. The lowest BCUT2D eigenvalue weighted by molar-refractivity contribution is -0.181. The number of aliphatic hydroxyl groups is 1. The van der Waals surface area contributed by atoms with Gasteiger partial charge in [0.2, 0.25) is 5.82 Å². The minimum Gasteiger partial charge on any atom is -0.393 e. The molecule has 27 heavy (non-hydrogen) atoms. The van der Waals surface area contributed by atoms with E-state index in [4.69, 9.17) is 4.74 Å². The Bertz CT molecular complexity index is 867. The van der Waals surface area contributed by atoms with Crippen molar-refractivity contribution >= 4 is 5.91 Å². The van der Waals surface area contributed by atoms with Gasteiger partial charge in [-0.2, -0.15) is 0 Å². The molecule has 0 unspecified atom stereocenters. The molecule has 0 radical (unpaired) electrons. The number of carbonyl (C=O) groups excluding carboxylic acids is 1. The van der Waals surface area contributed by atoms with Crippen molar-refractivity contribution in [3.63, 3.8) is 0 Å². The zero-order valence-corrected chi connectivity index (χ0v) is 15.3. The Hall–Kier alpha value is -2.45. The maximum Gasteiger partial charge on any atom is 0.343 e. The molecule has 0 bridgehead atoms. The largest absolute Gasteiger partial charge is 0.393 e. The Balaban J connectivity index is 1.45. The Morgan fingerprint density at radius 3 is 2.63 bits per heavy atom. The number of nitrogens with one attached hydrogen (secondary N) is 1. The molecule has 0 saturated carbocycles. The first-order chi connectivity index (χ1) is 13.0. The third-order valence-electron chi connectivity index (χ3n) is 5.59. The van der Waals surface area contributed by atoms with Crippen LogP contribution in [0.15, 0.2) is 35.1 Å². The smallest absolute Gasteiger partial charge is 0.343 e. The predicted octanol–water partition coefficient (Wildman–Crippen LogP) is 0.996. The maximum absolute atomic E-state index is 12.6.